The van der Waals surface area contributed by atoms with E-state index in [1.54, 1.807) is 36.4 Å². The fourth-order valence-electron chi connectivity index (χ4n) is 2.85. The van der Waals surface area contributed by atoms with Gasteiger partial charge >= 0.3 is 0 Å². The van der Waals surface area contributed by atoms with Gasteiger partial charge < -0.3 is 15.4 Å². The van der Waals surface area contributed by atoms with Crippen molar-refractivity contribution in [3.63, 3.8) is 0 Å². The van der Waals surface area contributed by atoms with Crippen LogP contribution in [0.25, 0.3) is 0 Å². The molecule has 1 unspecified atom stereocenters. The summed E-state index contributed by atoms with van der Waals surface area (Å²) in [5.41, 5.74) is 6.39. The number of ether oxygens (including phenoxy) is 1. The maximum atomic E-state index is 12.5. The molecule has 3 rings (SSSR count). The number of carbonyl (C=O) groups excluding carboxylic acids is 1. The maximum Gasteiger partial charge on any atom is 0.254 e. The maximum absolute atomic E-state index is 12.5. The minimum Gasteiger partial charge on any atom is -0.457 e. The summed E-state index contributed by atoms with van der Waals surface area (Å²) in [5.74, 6) is 1.37. The van der Waals surface area contributed by atoms with Crippen LogP contribution in [0, 0.1) is 0 Å². The standard InChI is InChI=1S/C18H19ClN2O2.ClH/c19-14-3-1-5-17(11-14)23-16-8-6-13(7-9-16)18(22)21-10-2-4-15(21)12-20;/h1,3,5-9,11,15H,2,4,10,12,20H2;1H. The number of rotatable bonds is 4. The van der Waals surface area contributed by atoms with Crippen molar-refractivity contribution in [3.8, 4) is 11.5 Å². The van der Waals surface area contributed by atoms with Gasteiger partial charge in [-0.25, -0.2) is 0 Å². The molecule has 0 radical (unpaired) electrons. The van der Waals surface area contributed by atoms with Crippen LogP contribution in [0.15, 0.2) is 48.5 Å². The number of carbonyl (C=O) groups is 1. The molecule has 1 saturated heterocycles. The number of likely N-dealkylation sites (tertiary alicyclic amines) is 1. The number of hydrogen-bond donors (Lipinski definition) is 1. The summed E-state index contributed by atoms with van der Waals surface area (Å²) >= 11 is 5.94. The van der Waals surface area contributed by atoms with E-state index >= 15 is 0 Å². The van der Waals surface area contributed by atoms with Crippen molar-refractivity contribution >= 4 is 29.9 Å². The molecule has 1 amide bonds. The first-order valence-corrected chi connectivity index (χ1v) is 8.09. The Kier molecular flexibility index (Phi) is 6.49. The molecule has 2 aromatic rings. The van der Waals surface area contributed by atoms with Crippen LogP contribution in [0.2, 0.25) is 5.02 Å². The summed E-state index contributed by atoms with van der Waals surface area (Å²) in [5, 5.41) is 0.621. The molecular formula is C18H20Cl2N2O2. The van der Waals surface area contributed by atoms with E-state index in [4.69, 9.17) is 22.1 Å². The minimum absolute atomic E-state index is 0. The first-order chi connectivity index (χ1) is 11.2. The highest BCUT2D eigenvalue weighted by molar-refractivity contribution is 6.30. The van der Waals surface area contributed by atoms with Gasteiger partial charge in [-0.2, -0.15) is 0 Å². The van der Waals surface area contributed by atoms with Crippen LogP contribution in [0.5, 0.6) is 11.5 Å². The van der Waals surface area contributed by atoms with Crippen molar-refractivity contribution < 1.29 is 9.53 Å². The van der Waals surface area contributed by atoms with E-state index in [2.05, 4.69) is 0 Å². The molecule has 2 N–H and O–H groups in total. The van der Waals surface area contributed by atoms with Crippen molar-refractivity contribution in [3.05, 3.63) is 59.1 Å². The third kappa shape index (κ3) is 4.20. The average Bonchev–Trinajstić information content (AvgIpc) is 3.03. The monoisotopic (exact) mass is 366 g/mol. The zero-order valence-corrected chi connectivity index (χ0v) is 14.7. The number of halogens is 2. The Labute approximate surface area is 153 Å². The molecule has 1 atom stereocenters. The predicted octanol–water partition coefficient (Wildman–Crippen LogP) is 4.12. The Bertz CT molecular complexity index is 692. The molecule has 6 heteroatoms. The summed E-state index contributed by atoms with van der Waals surface area (Å²) in [6.07, 6.45) is 2.00. The van der Waals surface area contributed by atoms with Crippen molar-refractivity contribution in [2.45, 2.75) is 18.9 Å². The molecule has 1 heterocycles. The second-order valence-corrected chi connectivity index (χ2v) is 6.05. The largest absolute Gasteiger partial charge is 0.457 e. The van der Waals surface area contributed by atoms with Gasteiger partial charge in [-0.3, -0.25) is 4.79 Å². The van der Waals surface area contributed by atoms with E-state index in [0.717, 1.165) is 19.4 Å². The fourth-order valence-corrected chi connectivity index (χ4v) is 3.03. The molecule has 128 valence electrons. The molecule has 4 nitrogen and oxygen atoms in total. The van der Waals surface area contributed by atoms with Crippen molar-refractivity contribution in [2.75, 3.05) is 13.1 Å². The SMILES string of the molecule is Cl.NCC1CCCN1C(=O)c1ccc(Oc2cccc(Cl)c2)cc1. The van der Waals surface area contributed by atoms with Crippen LogP contribution in [0.4, 0.5) is 0 Å². The van der Waals surface area contributed by atoms with Gasteiger partial charge in [-0.05, 0) is 55.3 Å². The van der Waals surface area contributed by atoms with Crippen LogP contribution in [-0.4, -0.2) is 29.9 Å². The summed E-state index contributed by atoms with van der Waals surface area (Å²) in [6.45, 7) is 1.29. The van der Waals surface area contributed by atoms with E-state index in [1.165, 1.54) is 0 Å². The van der Waals surface area contributed by atoms with Crippen molar-refractivity contribution in [2.24, 2.45) is 5.73 Å². The number of nitrogens with zero attached hydrogens (tertiary/aromatic N) is 1. The van der Waals surface area contributed by atoms with E-state index in [9.17, 15) is 4.79 Å². The van der Waals surface area contributed by atoms with E-state index in [1.807, 2.05) is 17.0 Å². The van der Waals surface area contributed by atoms with Gasteiger partial charge in [-0.15, -0.1) is 12.4 Å². The quantitative estimate of drug-likeness (QED) is 0.885. The van der Waals surface area contributed by atoms with Gasteiger partial charge in [0.05, 0.1) is 0 Å². The van der Waals surface area contributed by atoms with Crippen molar-refractivity contribution in [1.82, 2.24) is 4.90 Å². The van der Waals surface area contributed by atoms with E-state index < -0.39 is 0 Å². The lowest BCUT2D eigenvalue weighted by Gasteiger charge is -2.23. The van der Waals surface area contributed by atoms with Gasteiger partial charge in [0.1, 0.15) is 11.5 Å². The number of hydrogen-bond acceptors (Lipinski definition) is 3. The molecule has 0 aromatic heterocycles. The predicted molar refractivity (Wildman–Crippen MR) is 98.3 cm³/mol. The van der Waals surface area contributed by atoms with Gasteiger partial charge in [0.25, 0.3) is 5.91 Å². The van der Waals surface area contributed by atoms with Crippen LogP contribution in [0.1, 0.15) is 23.2 Å². The third-order valence-electron chi connectivity index (χ3n) is 4.04. The highest BCUT2D eigenvalue weighted by Crippen LogP contribution is 2.25. The Hall–Kier alpha value is -1.75. The zero-order valence-electron chi connectivity index (χ0n) is 13.2. The first kappa shape index (κ1) is 18.6. The second-order valence-electron chi connectivity index (χ2n) is 5.61. The highest BCUT2D eigenvalue weighted by atomic mass is 35.5. The molecule has 1 fully saturated rings. The van der Waals surface area contributed by atoms with Gasteiger partial charge in [0.2, 0.25) is 0 Å². The molecule has 0 saturated carbocycles. The molecular weight excluding hydrogens is 347 g/mol. The van der Waals surface area contributed by atoms with Crippen LogP contribution < -0.4 is 10.5 Å². The minimum atomic E-state index is 0. The third-order valence-corrected chi connectivity index (χ3v) is 4.28. The topological polar surface area (TPSA) is 55.6 Å². The Morgan fingerprint density at radius 2 is 1.96 bits per heavy atom. The number of amides is 1. The lowest BCUT2D eigenvalue weighted by Crippen LogP contribution is -2.39. The molecule has 24 heavy (non-hydrogen) atoms. The molecule has 1 aliphatic heterocycles. The van der Waals surface area contributed by atoms with Crippen LogP contribution in [-0.2, 0) is 0 Å². The van der Waals surface area contributed by atoms with Gasteiger partial charge in [0, 0.05) is 29.7 Å². The number of benzene rings is 2. The van der Waals surface area contributed by atoms with E-state index in [0.29, 0.717) is 28.6 Å². The second kappa shape index (κ2) is 8.38. The lowest BCUT2D eigenvalue weighted by molar-refractivity contribution is 0.0741. The highest BCUT2D eigenvalue weighted by Gasteiger charge is 2.28. The van der Waals surface area contributed by atoms with Crippen LogP contribution in [0.3, 0.4) is 0 Å². The summed E-state index contributed by atoms with van der Waals surface area (Å²) in [4.78, 5) is 14.4. The summed E-state index contributed by atoms with van der Waals surface area (Å²) in [6, 6.07) is 14.5. The molecule has 1 aliphatic rings. The zero-order chi connectivity index (χ0) is 16.2. The van der Waals surface area contributed by atoms with Gasteiger partial charge in [0.15, 0.2) is 0 Å². The average molecular weight is 367 g/mol. The first-order valence-electron chi connectivity index (χ1n) is 7.72. The normalized spacial score (nSPS) is 16.6. The number of nitrogens with two attached hydrogens (primary N) is 1. The Morgan fingerprint density at radius 3 is 2.62 bits per heavy atom. The summed E-state index contributed by atoms with van der Waals surface area (Å²) in [7, 11) is 0. The smallest absolute Gasteiger partial charge is 0.254 e. The molecule has 2 aromatic carbocycles. The summed E-state index contributed by atoms with van der Waals surface area (Å²) < 4.78 is 5.73. The molecule has 0 aliphatic carbocycles. The van der Waals surface area contributed by atoms with E-state index in [-0.39, 0.29) is 24.4 Å². The van der Waals surface area contributed by atoms with Crippen LogP contribution >= 0.6 is 24.0 Å². The Morgan fingerprint density at radius 1 is 1.21 bits per heavy atom. The fraction of sp³-hybridized carbons (Fsp3) is 0.278. The van der Waals surface area contributed by atoms with Crippen molar-refractivity contribution in [1.29, 1.82) is 0 Å². The lowest BCUT2D eigenvalue weighted by atomic mass is 10.1. The van der Waals surface area contributed by atoms with Gasteiger partial charge in [-0.1, -0.05) is 17.7 Å². The molecule has 0 spiro atoms. The Balaban J connectivity index is 0.00000208. The molecule has 0 bridgehead atoms.